The Hall–Kier alpha value is -1.13. The van der Waals surface area contributed by atoms with E-state index in [1.54, 1.807) is 33.1 Å². The Morgan fingerprint density at radius 3 is 2.15 bits per heavy atom. The monoisotopic (exact) mass is 460 g/mol. The molecule has 2 saturated carbocycles. The molecule has 0 saturated heterocycles. The zero-order chi connectivity index (χ0) is 23.2. The Morgan fingerprint density at radius 2 is 1.48 bits per heavy atom. The summed E-state index contributed by atoms with van der Waals surface area (Å²) in [4.78, 5) is 0. The molecule has 2 aromatic rings. The first-order valence-corrected chi connectivity index (χ1v) is 15.4. The highest BCUT2D eigenvalue weighted by molar-refractivity contribution is 7.68. The van der Waals surface area contributed by atoms with Gasteiger partial charge in [0.2, 0.25) is 0 Å². The molecule has 1 spiro atoms. The second-order valence-electron chi connectivity index (χ2n) is 11.9. The van der Waals surface area contributed by atoms with Crippen LogP contribution in [0.2, 0.25) is 0 Å². The van der Waals surface area contributed by atoms with Crippen LogP contribution in [-0.4, -0.2) is 10.8 Å². The summed E-state index contributed by atoms with van der Waals surface area (Å²) in [6, 6.07) is 15.0. The van der Waals surface area contributed by atoms with Crippen LogP contribution in [0.1, 0.15) is 133 Å². The summed E-state index contributed by atoms with van der Waals surface area (Å²) in [6.45, 7) is 12.2. The summed E-state index contributed by atoms with van der Waals surface area (Å²) in [5.74, 6) is 1.80. The van der Waals surface area contributed by atoms with Crippen LogP contribution in [-0.2, 0) is 0 Å². The van der Waals surface area contributed by atoms with Crippen LogP contribution in [0, 0.1) is 0 Å². The summed E-state index contributed by atoms with van der Waals surface area (Å²) in [5, 5.41) is 2.26. The molecule has 0 bridgehead atoms. The van der Waals surface area contributed by atoms with Gasteiger partial charge in [0.15, 0.2) is 0 Å². The zero-order valence-electron chi connectivity index (χ0n) is 21.8. The standard InChI is InChI=1S/C32H45P/c1-22(2)25-20-28(23(3)4)31-27-16-10-11-17-30(27)33(26-14-8-6-9-15-26)32(18-12-7-13-19-32)24(5)29(31)21-25/h10-11,16-17,20-24,26H,6-9,12-15,18-19H2,1-5H3. The Balaban J connectivity index is 1.82. The van der Waals surface area contributed by atoms with Gasteiger partial charge in [0.1, 0.15) is 0 Å². The molecule has 2 aliphatic carbocycles. The van der Waals surface area contributed by atoms with Crippen molar-refractivity contribution in [3.8, 4) is 11.1 Å². The molecule has 0 N–H and O–H groups in total. The predicted octanol–water partition coefficient (Wildman–Crippen LogP) is 9.86. The molecule has 0 radical (unpaired) electrons. The second-order valence-corrected chi connectivity index (χ2v) is 14.8. The summed E-state index contributed by atoms with van der Waals surface area (Å²) in [6.07, 6.45) is 14.5. The third kappa shape index (κ3) is 4.03. The molecule has 1 aliphatic heterocycles. The highest BCUT2D eigenvalue weighted by Crippen LogP contribution is 2.69. The minimum Gasteiger partial charge on any atom is -0.0645 e. The lowest BCUT2D eigenvalue weighted by Gasteiger charge is -2.51. The van der Waals surface area contributed by atoms with Crippen molar-refractivity contribution < 1.29 is 0 Å². The lowest BCUT2D eigenvalue weighted by Crippen LogP contribution is -2.41. The van der Waals surface area contributed by atoms with Gasteiger partial charge in [-0.25, -0.2) is 0 Å². The molecule has 178 valence electrons. The quantitative estimate of drug-likeness (QED) is 0.400. The highest BCUT2D eigenvalue weighted by Gasteiger charge is 2.51. The minimum absolute atomic E-state index is 0.177. The summed E-state index contributed by atoms with van der Waals surface area (Å²) < 4.78 is 0. The van der Waals surface area contributed by atoms with Crippen molar-refractivity contribution in [2.45, 2.75) is 127 Å². The van der Waals surface area contributed by atoms with E-state index < -0.39 is 0 Å². The fourth-order valence-corrected chi connectivity index (χ4v) is 12.1. The van der Waals surface area contributed by atoms with Crippen LogP contribution >= 0.6 is 7.92 Å². The lowest BCUT2D eigenvalue weighted by molar-refractivity contribution is 0.345. The molecule has 0 nitrogen and oxygen atoms in total. The van der Waals surface area contributed by atoms with E-state index in [4.69, 9.17) is 0 Å². The number of hydrogen-bond acceptors (Lipinski definition) is 0. The third-order valence-electron chi connectivity index (χ3n) is 9.35. The number of fused-ring (bicyclic) bond motifs is 3. The minimum atomic E-state index is -0.177. The molecule has 2 atom stereocenters. The molecule has 5 rings (SSSR count). The van der Waals surface area contributed by atoms with Gasteiger partial charge in [-0.2, -0.15) is 0 Å². The molecular weight excluding hydrogens is 415 g/mol. The average Bonchev–Trinajstić information content (AvgIpc) is 2.92. The molecule has 2 fully saturated rings. The van der Waals surface area contributed by atoms with Gasteiger partial charge in [0.25, 0.3) is 0 Å². The average molecular weight is 461 g/mol. The second kappa shape index (κ2) is 9.49. The van der Waals surface area contributed by atoms with Gasteiger partial charge in [-0.3, -0.25) is 0 Å². The topological polar surface area (TPSA) is 0 Å². The fourth-order valence-electron chi connectivity index (χ4n) is 7.52. The van der Waals surface area contributed by atoms with Crippen molar-refractivity contribution in [2.24, 2.45) is 0 Å². The predicted molar refractivity (Wildman–Crippen MR) is 148 cm³/mol. The van der Waals surface area contributed by atoms with Crippen LogP contribution in [0.25, 0.3) is 11.1 Å². The van der Waals surface area contributed by atoms with Crippen molar-refractivity contribution >= 4 is 13.2 Å². The van der Waals surface area contributed by atoms with E-state index in [2.05, 4.69) is 71.0 Å². The molecule has 1 heteroatoms. The Labute approximate surface area is 204 Å². The lowest BCUT2D eigenvalue weighted by atomic mass is 9.73. The maximum absolute atomic E-state index is 2.66. The van der Waals surface area contributed by atoms with E-state index in [0.29, 0.717) is 22.9 Å². The van der Waals surface area contributed by atoms with E-state index in [-0.39, 0.29) is 7.92 Å². The van der Waals surface area contributed by atoms with Crippen LogP contribution in [0.4, 0.5) is 0 Å². The van der Waals surface area contributed by atoms with Gasteiger partial charge in [-0.1, -0.05) is 117 Å². The highest BCUT2D eigenvalue weighted by atomic mass is 31.1. The maximum atomic E-state index is 2.66. The van der Waals surface area contributed by atoms with Crippen molar-refractivity contribution in [3.63, 3.8) is 0 Å². The van der Waals surface area contributed by atoms with Crippen molar-refractivity contribution in [3.05, 3.63) is 53.1 Å². The Morgan fingerprint density at radius 1 is 0.818 bits per heavy atom. The number of hydrogen-bond donors (Lipinski definition) is 0. The Bertz CT molecular complexity index is 972. The van der Waals surface area contributed by atoms with Gasteiger partial charge >= 0.3 is 0 Å². The largest absolute Gasteiger partial charge is 0.0645 e. The normalized spacial score (nSPS) is 25.2. The molecule has 0 aromatic heterocycles. The smallest absolute Gasteiger partial charge is 0.00145 e. The van der Waals surface area contributed by atoms with Crippen LogP contribution in [0.15, 0.2) is 36.4 Å². The van der Waals surface area contributed by atoms with E-state index in [0.717, 1.165) is 5.66 Å². The van der Waals surface area contributed by atoms with E-state index >= 15 is 0 Å². The van der Waals surface area contributed by atoms with Crippen molar-refractivity contribution in [1.82, 2.24) is 0 Å². The summed E-state index contributed by atoms with van der Waals surface area (Å²) >= 11 is 0. The number of rotatable bonds is 3. The van der Waals surface area contributed by atoms with Gasteiger partial charge in [0, 0.05) is 5.16 Å². The van der Waals surface area contributed by atoms with Crippen LogP contribution < -0.4 is 5.30 Å². The van der Waals surface area contributed by atoms with E-state index in [9.17, 15) is 0 Å². The SMILES string of the molecule is CC(C)c1cc(C(C)C)c2c(c1)C(C)C1(CCCCC1)P(C1CCCCC1)c1ccccc1-2. The first-order chi connectivity index (χ1) is 15.9. The van der Waals surface area contributed by atoms with E-state index in [1.165, 1.54) is 64.2 Å². The first kappa shape index (κ1) is 23.6. The van der Waals surface area contributed by atoms with Gasteiger partial charge in [-0.05, 0) is 82.2 Å². The van der Waals surface area contributed by atoms with Gasteiger partial charge < -0.3 is 0 Å². The van der Waals surface area contributed by atoms with E-state index in [1.807, 2.05) is 0 Å². The van der Waals surface area contributed by atoms with Crippen LogP contribution in [0.5, 0.6) is 0 Å². The van der Waals surface area contributed by atoms with Crippen molar-refractivity contribution in [1.29, 1.82) is 0 Å². The molecule has 3 aliphatic rings. The van der Waals surface area contributed by atoms with Crippen molar-refractivity contribution in [2.75, 3.05) is 0 Å². The molecule has 2 aromatic carbocycles. The summed E-state index contributed by atoms with van der Waals surface area (Å²) in [7, 11) is -0.177. The molecule has 2 unspecified atom stereocenters. The molecular formula is C32H45P. The first-order valence-electron chi connectivity index (χ1n) is 14.0. The number of benzene rings is 2. The Kier molecular flexibility index (Phi) is 6.79. The molecule has 1 heterocycles. The molecule has 0 amide bonds. The van der Waals surface area contributed by atoms with Gasteiger partial charge in [0.05, 0.1) is 0 Å². The molecule has 33 heavy (non-hydrogen) atoms. The zero-order valence-corrected chi connectivity index (χ0v) is 22.7. The van der Waals surface area contributed by atoms with Crippen LogP contribution in [0.3, 0.4) is 0 Å². The maximum Gasteiger partial charge on any atom is 0.00145 e. The van der Waals surface area contributed by atoms with Gasteiger partial charge in [-0.15, -0.1) is 0 Å². The fraction of sp³-hybridized carbons (Fsp3) is 0.625. The summed E-state index contributed by atoms with van der Waals surface area (Å²) in [5.41, 5.74) is 9.01. The third-order valence-corrected chi connectivity index (χ3v) is 13.3.